The maximum absolute atomic E-state index is 11.4. The zero-order valence-corrected chi connectivity index (χ0v) is 9.56. The molecular formula is C11H15O2S+. The maximum Gasteiger partial charge on any atom is 0.338 e. The Labute approximate surface area is 87.6 Å². The average molecular weight is 211 g/mol. The quantitative estimate of drug-likeness (QED) is 0.563. The van der Waals surface area contributed by atoms with E-state index in [1.54, 1.807) is 0 Å². The second kappa shape index (κ2) is 5.05. The minimum atomic E-state index is -0.244. The van der Waals surface area contributed by atoms with Gasteiger partial charge in [0.05, 0.1) is 25.2 Å². The van der Waals surface area contributed by atoms with E-state index in [-0.39, 0.29) is 5.97 Å². The number of hydrogen-bond acceptors (Lipinski definition) is 2. The van der Waals surface area contributed by atoms with E-state index in [1.165, 1.54) is 7.11 Å². The molecule has 0 aliphatic rings. The Hall–Kier alpha value is -0.960. The van der Waals surface area contributed by atoms with Crippen LogP contribution in [0.4, 0.5) is 0 Å². The van der Waals surface area contributed by atoms with E-state index in [1.807, 2.05) is 24.3 Å². The molecule has 1 aromatic rings. The lowest BCUT2D eigenvalue weighted by atomic mass is 10.1. The Morgan fingerprint density at radius 3 is 2.57 bits per heavy atom. The number of ether oxygens (including phenoxy) is 1. The summed E-state index contributed by atoms with van der Waals surface area (Å²) in [6, 6.07) is 7.61. The van der Waals surface area contributed by atoms with Crippen molar-refractivity contribution < 1.29 is 9.53 Å². The van der Waals surface area contributed by atoms with Crippen LogP contribution in [0.3, 0.4) is 0 Å². The Bertz CT molecular complexity index is 321. The highest BCUT2D eigenvalue weighted by atomic mass is 32.2. The molecule has 0 fully saturated rings. The first-order chi connectivity index (χ1) is 6.65. The summed E-state index contributed by atoms with van der Waals surface area (Å²) in [5.74, 6) is 0.691. The van der Waals surface area contributed by atoms with Gasteiger partial charge in [-0.25, -0.2) is 4.79 Å². The number of carbonyl (C=O) groups is 1. The van der Waals surface area contributed by atoms with Gasteiger partial charge >= 0.3 is 5.97 Å². The summed E-state index contributed by atoms with van der Waals surface area (Å²) in [4.78, 5) is 11.4. The first-order valence-corrected chi connectivity index (χ1v) is 6.56. The highest BCUT2D eigenvalue weighted by molar-refractivity contribution is 7.94. The van der Waals surface area contributed by atoms with Gasteiger partial charge in [-0.2, -0.15) is 0 Å². The topological polar surface area (TPSA) is 26.3 Å². The second-order valence-electron chi connectivity index (χ2n) is 3.28. The summed E-state index contributed by atoms with van der Waals surface area (Å²) in [7, 11) is 1.71. The van der Waals surface area contributed by atoms with Crippen molar-refractivity contribution in [3.63, 3.8) is 0 Å². The molecule has 0 aromatic heterocycles. The molecule has 1 rings (SSSR count). The Morgan fingerprint density at radius 1 is 1.36 bits per heavy atom. The molecule has 14 heavy (non-hydrogen) atoms. The van der Waals surface area contributed by atoms with Crippen molar-refractivity contribution in [3.8, 4) is 0 Å². The van der Waals surface area contributed by atoms with Crippen molar-refractivity contribution in [1.29, 1.82) is 0 Å². The summed E-state index contributed by atoms with van der Waals surface area (Å²) in [5, 5.41) is 0. The van der Waals surface area contributed by atoms with Crippen LogP contribution in [0.5, 0.6) is 0 Å². The monoisotopic (exact) mass is 211 g/mol. The lowest BCUT2D eigenvalue weighted by Crippen LogP contribution is -2.08. The standard InChI is InChI=1S/C11H15O2S/c1-13-11(12)10-7-5-4-6-9(10)8-14(2)3/h4-7H,8H2,1-3H3/q+1. The third-order valence-corrected chi connectivity index (χ3v) is 2.76. The lowest BCUT2D eigenvalue weighted by Gasteiger charge is -2.05. The molecule has 0 spiro atoms. The summed E-state index contributed by atoms with van der Waals surface area (Å²) < 4.78 is 4.72. The number of methoxy groups -OCH3 is 1. The molecule has 0 heterocycles. The molecule has 0 unspecified atom stereocenters. The van der Waals surface area contributed by atoms with Crippen molar-refractivity contribution in [1.82, 2.24) is 0 Å². The van der Waals surface area contributed by atoms with E-state index < -0.39 is 0 Å². The molecule has 0 amide bonds. The van der Waals surface area contributed by atoms with E-state index >= 15 is 0 Å². The van der Waals surface area contributed by atoms with Gasteiger partial charge in [-0.3, -0.25) is 0 Å². The molecule has 0 saturated heterocycles. The van der Waals surface area contributed by atoms with Crippen LogP contribution < -0.4 is 0 Å². The molecule has 1 aromatic carbocycles. The van der Waals surface area contributed by atoms with Crippen molar-refractivity contribution >= 4 is 16.9 Å². The van der Waals surface area contributed by atoms with Gasteiger partial charge in [-0.05, 0) is 17.0 Å². The molecule has 0 aliphatic heterocycles. The molecule has 0 radical (unpaired) electrons. The first kappa shape index (κ1) is 11.1. The van der Waals surface area contributed by atoms with Gasteiger partial charge in [0.1, 0.15) is 5.75 Å². The van der Waals surface area contributed by atoms with Crippen LogP contribution in [0.25, 0.3) is 0 Å². The van der Waals surface area contributed by atoms with E-state index in [2.05, 4.69) is 12.5 Å². The highest BCUT2D eigenvalue weighted by Gasteiger charge is 2.14. The second-order valence-corrected chi connectivity index (χ2v) is 5.54. The molecule has 3 heteroatoms. The molecule has 0 N–H and O–H groups in total. The Kier molecular flexibility index (Phi) is 4.01. The Morgan fingerprint density at radius 2 is 2.00 bits per heavy atom. The van der Waals surface area contributed by atoms with Gasteiger partial charge in [0.2, 0.25) is 0 Å². The average Bonchev–Trinajstić information content (AvgIpc) is 2.16. The van der Waals surface area contributed by atoms with Gasteiger partial charge < -0.3 is 4.74 Å². The van der Waals surface area contributed by atoms with E-state index in [0.29, 0.717) is 16.5 Å². The van der Waals surface area contributed by atoms with Crippen LogP contribution in [-0.2, 0) is 21.4 Å². The number of hydrogen-bond donors (Lipinski definition) is 0. The summed E-state index contributed by atoms with van der Waals surface area (Å²) in [5.41, 5.74) is 1.77. The van der Waals surface area contributed by atoms with Crippen LogP contribution >= 0.6 is 0 Å². The zero-order valence-electron chi connectivity index (χ0n) is 8.74. The molecular weight excluding hydrogens is 196 g/mol. The summed E-state index contributed by atoms with van der Waals surface area (Å²) in [6.45, 7) is 0. The van der Waals surface area contributed by atoms with Crippen molar-refractivity contribution in [3.05, 3.63) is 35.4 Å². The maximum atomic E-state index is 11.4. The SMILES string of the molecule is COC(=O)c1ccccc1C[S+](C)C. The van der Waals surface area contributed by atoms with Crippen LogP contribution in [0.1, 0.15) is 15.9 Å². The smallest absolute Gasteiger partial charge is 0.338 e. The largest absolute Gasteiger partial charge is 0.465 e. The molecule has 2 nitrogen and oxygen atoms in total. The fourth-order valence-corrected chi connectivity index (χ4v) is 2.14. The van der Waals surface area contributed by atoms with E-state index in [0.717, 1.165) is 11.3 Å². The lowest BCUT2D eigenvalue weighted by molar-refractivity contribution is 0.0600. The van der Waals surface area contributed by atoms with Gasteiger partial charge in [0.15, 0.2) is 0 Å². The molecule has 0 atom stereocenters. The minimum Gasteiger partial charge on any atom is -0.465 e. The van der Waals surface area contributed by atoms with Gasteiger partial charge in [0.25, 0.3) is 0 Å². The number of rotatable bonds is 3. The van der Waals surface area contributed by atoms with Gasteiger partial charge in [0, 0.05) is 5.56 Å². The molecule has 0 aliphatic carbocycles. The van der Waals surface area contributed by atoms with Crippen LogP contribution in [0, 0.1) is 0 Å². The predicted molar refractivity (Wildman–Crippen MR) is 60.7 cm³/mol. The third-order valence-electron chi connectivity index (χ3n) is 1.87. The van der Waals surface area contributed by atoms with Gasteiger partial charge in [-0.15, -0.1) is 0 Å². The fourth-order valence-electron chi connectivity index (χ4n) is 1.27. The molecule has 76 valence electrons. The summed E-state index contributed by atoms with van der Waals surface area (Å²) in [6.07, 6.45) is 4.32. The number of carbonyl (C=O) groups excluding carboxylic acids is 1. The van der Waals surface area contributed by atoms with Crippen molar-refractivity contribution in [2.45, 2.75) is 5.75 Å². The fraction of sp³-hybridized carbons (Fsp3) is 0.364. The minimum absolute atomic E-state index is 0.244. The highest BCUT2D eigenvalue weighted by Crippen LogP contribution is 2.13. The molecule has 0 saturated carbocycles. The predicted octanol–water partition coefficient (Wildman–Crippen LogP) is 1.85. The third kappa shape index (κ3) is 2.77. The van der Waals surface area contributed by atoms with Crippen LogP contribution in [0.2, 0.25) is 0 Å². The van der Waals surface area contributed by atoms with E-state index in [4.69, 9.17) is 4.74 Å². The Balaban J connectivity index is 2.97. The van der Waals surface area contributed by atoms with Crippen LogP contribution in [-0.4, -0.2) is 25.6 Å². The van der Waals surface area contributed by atoms with Crippen molar-refractivity contribution in [2.24, 2.45) is 0 Å². The van der Waals surface area contributed by atoms with Gasteiger partial charge in [-0.1, -0.05) is 18.2 Å². The zero-order chi connectivity index (χ0) is 10.6. The molecule has 0 bridgehead atoms. The number of benzene rings is 1. The van der Waals surface area contributed by atoms with Crippen LogP contribution in [0.15, 0.2) is 24.3 Å². The first-order valence-electron chi connectivity index (χ1n) is 4.35. The normalized spacial score (nSPS) is 10.3. The van der Waals surface area contributed by atoms with E-state index in [9.17, 15) is 4.79 Å². The summed E-state index contributed by atoms with van der Waals surface area (Å²) >= 11 is 0. The van der Waals surface area contributed by atoms with Crippen molar-refractivity contribution in [2.75, 3.05) is 19.6 Å². The number of esters is 1.